The van der Waals surface area contributed by atoms with Crippen LogP contribution >= 0.6 is 0 Å². The van der Waals surface area contributed by atoms with E-state index in [0.29, 0.717) is 12.1 Å². The molecule has 39 heavy (non-hydrogen) atoms. The summed E-state index contributed by atoms with van der Waals surface area (Å²) < 4.78 is 168. The predicted molar refractivity (Wildman–Crippen MR) is 111 cm³/mol. The molecule has 1 aliphatic rings. The highest BCUT2D eigenvalue weighted by molar-refractivity contribution is 5.37. The fourth-order valence-corrected chi connectivity index (χ4v) is 3.58. The van der Waals surface area contributed by atoms with Gasteiger partial charge in [-0.25, -0.2) is 17.6 Å². The first-order valence-electron chi connectivity index (χ1n) is 11.2. The molecular formula is C24H19F11O4. The molecule has 0 spiro atoms. The highest BCUT2D eigenvalue weighted by atomic mass is 19.3. The normalized spacial score (nSPS) is 18.2. The summed E-state index contributed by atoms with van der Waals surface area (Å²) in [6.45, 7) is 2.38. The molecule has 0 radical (unpaired) electrons. The van der Waals surface area contributed by atoms with Gasteiger partial charge in [0.1, 0.15) is 22.9 Å². The van der Waals surface area contributed by atoms with E-state index in [0.717, 1.165) is 19.3 Å². The molecule has 0 amide bonds. The van der Waals surface area contributed by atoms with Crippen LogP contribution in [0.25, 0.3) is 0 Å². The lowest BCUT2D eigenvalue weighted by atomic mass is 10.0. The van der Waals surface area contributed by atoms with Crippen molar-refractivity contribution in [2.24, 2.45) is 5.92 Å². The lowest BCUT2D eigenvalue weighted by Crippen LogP contribution is -2.29. The lowest BCUT2D eigenvalue weighted by Gasteiger charge is -2.30. The fraction of sp³-hybridized carbons (Fsp3) is 0.417. The molecular weight excluding hydrogens is 561 g/mol. The van der Waals surface area contributed by atoms with Crippen molar-refractivity contribution in [3.8, 4) is 11.5 Å². The molecule has 0 atom stereocenters. The van der Waals surface area contributed by atoms with Crippen LogP contribution in [-0.4, -0.2) is 19.3 Å². The summed E-state index contributed by atoms with van der Waals surface area (Å²) >= 11 is 0. The van der Waals surface area contributed by atoms with Crippen molar-refractivity contribution in [2.75, 3.05) is 13.2 Å². The van der Waals surface area contributed by atoms with E-state index in [1.54, 1.807) is 0 Å². The summed E-state index contributed by atoms with van der Waals surface area (Å²) in [5.41, 5.74) is -2.25. The van der Waals surface area contributed by atoms with Gasteiger partial charge in [-0.1, -0.05) is 19.8 Å². The molecule has 1 heterocycles. The Balaban J connectivity index is 1.80. The summed E-state index contributed by atoms with van der Waals surface area (Å²) in [6, 6.07) is 0.606. The summed E-state index contributed by atoms with van der Waals surface area (Å²) in [4.78, 5) is 0. The molecule has 1 aliphatic heterocycles. The largest absolute Gasteiger partial charge is 0.459 e. The summed E-state index contributed by atoms with van der Waals surface area (Å²) in [5.74, 6) is -15.1. The SMILES string of the molecule is CCCCC1COC(c2cc(F)c(C(F)(F)Oc3cc(F)c(OC(F)(F)C(F)=C(F)F)c(F)c3)c(F)c2)OC1. The minimum absolute atomic E-state index is 0.0389. The number of alkyl halides is 4. The molecule has 0 bridgehead atoms. The molecule has 2 aromatic carbocycles. The second-order valence-corrected chi connectivity index (χ2v) is 8.39. The van der Waals surface area contributed by atoms with Crippen LogP contribution in [0, 0.1) is 29.2 Å². The Bertz CT molecular complexity index is 1160. The smallest absolute Gasteiger partial charge is 0.429 e. The Labute approximate surface area is 213 Å². The minimum atomic E-state index is -5.52. The molecule has 0 N–H and O–H groups in total. The summed E-state index contributed by atoms with van der Waals surface area (Å²) in [6.07, 6.45) is -12.6. The number of hydrogen-bond donors (Lipinski definition) is 0. The van der Waals surface area contributed by atoms with Crippen LogP contribution in [0.1, 0.15) is 43.6 Å². The van der Waals surface area contributed by atoms with Crippen LogP contribution in [-0.2, 0) is 15.6 Å². The average Bonchev–Trinajstić information content (AvgIpc) is 2.83. The lowest BCUT2D eigenvalue weighted by molar-refractivity contribution is -0.206. The third-order valence-electron chi connectivity index (χ3n) is 5.43. The van der Waals surface area contributed by atoms with Crippen molar-refractivity contribution in [1.29, 1.82) is 0 Å². The Morgan fingerprint density at radius 3 is 1.87 bits per heavy atom. The van der Waals surface area contributed by atoms with E-state index in [9.17, 15) is 48.3 Å². The van der Waals surface area contributed by atoms with Crippen molar-refractivity contribution >= 4 is 0 Å². The van der Waals surface area contributed by atoms with Gasteiger partial charge in [0.15, 0.2) is 23.7 Å². The van der Waals surface area contributed by atoms with Gasteiger partial charge in [-0.2, -0.15) is 30.7 Å². The van der Waals surface area contributed by atoms with E-state index in [-0.39, 0.29) is 36.8 Å². The van der Waals surface area contributed by atoms with E-state index in [2.05, 4.69) is 9.47 Å². The zero-order valence-electron chi connectivity index (χ0n) is 19.8. The van der Waals surface area contributed by atoms with Crippen LogP contribution in [0.3, 0.4) is 0 Å². The minimum Gasteiger partial charge on any atom is -0.429 e. The van der Waals surface area contributed by atoms with Crippen LogP contribution in [0.15, 0.2) is 36.2 Å². The first-order valence-corrected chi connectivity index (χ1v) is 11.2. The number of unbranched alkanes of at least 4 members (excludes halogenated alkanes) is 1. The molecule has 1 saturated heterocycles. The monoisotopic (exact) mass is 580 g/mol. The maximum absolute atomic E-state index is 14.6. The van der Waals surface area contributed by atoms with Crippen molar-refractivity contribution in [3.05, 3.63) is 70.6 Å². The van der Waals surface area contributed by atoms with Gasteiger partial charge in [-0.3, -0.25) is 0 Å². The average molecular weight is 580 g/mol. The van der Waals surface area contributed by atoms with Gasteiger partial charge in [0.25, 0.3) is 5.83 Å². The predicted octanol–water partition coefficient (Wildman–Crippen LogP) is 8.27. The Morgan fingerprint density at radius 1 is 0.846 bits per heavy atom. The van der Waals surface area contributed by atoms with Gasteiger partial charge in [0.2, 0.25) is 0 Å². The molecule has 0 aliphatic carbocycles. The third kappa shape index (κ3) is 7.12. The van der Waals surface area contributed by atoms with Crippen molar-refractivity contribution in [3.63, 3.8) is 0 Å². The Morgan fingerprint density at radius 2 is 1.38 bits per heavy atom. The highest BCUT2D eigenvalue weighted by Crippen LogP contribution is 2.40. The molecule has 1 fully saturated rings. The zero-order chi connectivity index (χ0) is 29.1. The zero-order valence-corrected chi connectivity index (χ0v) is 19.8. The summed E-state index contributed by atoms with van der Waals surface area (Å²) in [5, 5.41) is 0. The van der Waals surface area contributed by atoms with Crippen LogP contribution in [0.2, 0.25) is 0 Å². The van der Waals surface area contributed by atoms with Crippen molar-refractivity contribution in [2.45, 2.75) is 44.7 Å². The molecule has 15 heteroatoms. The molecule has 3 rings (SSSR count). The van der Waals surface area contributed by atoms with Gasteiger partial charge in [0, 0.05) is 23.6 Å². The maximum atomic E-state index is 14.6. The number of halogens is 11. The molecule has 2 aromatic rings. The quantitative estimate of drug-likeness (QED) is 0.265. The van der Waals surface area contributed by atoms with Crippen molar-refractivity contribution in [1.82, 2.24) is 0 Å². The van der Waals surface area contributed by atoms with E-state index >= 15 is 0 Å². The molecule has 0 aromatic heterocycles. The van der Waals surface area contributed by atoms with E-state index < -0.39 is 70.7 Å². The molecule has 0 unspecified atom stereocenters. The van der Waals surface area contributed by atoms with Crippen LogP contribution in [0.5, 0.6) is 11.5 Å². The molecule has 216 valence electrons. The summed E-state index contributed by atoms with van der Waals surface area (Å²) in [7, 11) is 0. The third-order valence-corrected chi connectivity index (χ3v) is 5.43. The van der Waals surface area contributed by atoms with E-state index in [1.165, 1.54) is 0 Å². The maximum Gasteiger partial charge on any atom is 0.459 e. The highest BCUT2D eigenvalue weighted by Gasteiger charge is 2.45. The van der Waals surface area contributed by atoms with E-state index in [1.807, 2.05) is 6.92 Å². The molecule has 4 nitrogen and oxygen atoms in total. The first-order chi connectivity index (χ1) is 18.2. The number of ether oxygens (including phenoxy) is 4. The number of rotatable bonds is 10. The standard InChI is InChI=1S/C24H19F11O4/c1-2-3-4-11-9-36-22(37-10-11)12-5-14(25)18(15(26)6-12)23(32,33)38-13-7-16(27)19(17(28)8-13)39-24(34,35)20(29)21(30)31/h5-8,11,22H,2-4,9-10H2,1H3. The number of hydrogen-bond acceptors (Lipinski definition) is 4. The van der Waals surface area contributed by atoms with Gasteiger partial charge in [-0.05, 0) is 18.6 Å². The second-order valence-electron chi connectivity index (χ2n) is 8.39. The van der Waals surface area contributed by atoms with Gasteiger partial charge >= 0.3 is 18.3 Å². The fourth-order valence-electron chi connectivity index (χ4n) is 3.58. The van der Waals surface area contributed by atoms with Gasteiger partial charge < -0.3 is 18.9 Å². The van der Waals surface area contributed by atoms with Gasteiger partial charge in [0.05, 0.1) is 13.2 Å². The first kappa shape index (κ1) is 30.5. The Kier molecular flexibility index (Phi) is 9.36. The number of benzene rings is 2. The molecule has 0 saturated carbocycles. The topological polar surface area (TPSA) is 36.9 Å². The van der Waals surface area contributed by atoms with Crippen molar-refractivity contribution < 1.29 is 67.2 Å². The second kappa shape index (κ2) is 12.0. The van der Waals surface area contributed by atoms with Gasteiger partial charge in [-0.15, -0.1) is 0 Å². The van der Waals surface area contributed by atoms with Crippen LogP contribution < -0.4 is 9.47 Å². The van der Waals surface area contributed by atoms with Crippen LogP contribution in [0.4, 0.5) is 48.3 Å². The van der Waals surface area contributed by atoms with E-state index in [4.69, 9.17) is 9.47 Å². The Hall–Kier alpha value is -3.07.